The molecule has 0 amide bonds. The summed E-state index contributed by atoms with van der Waals surface area (Å²) < 4.78 is 16.8. The highest BCUT2D eigenvalue weighted by molar-refractivity contribution is 5.82. The van der Waals surface area contributed by atoms with Gasteiger partial charge in [-0.1, -0.05) is 6.92 Å². The van der Waals surface area contributed by atoms with Gasteiger partial charge in [0.1, 0.15) is 11.9 Å². The number of carbonyl (C=O) groups is 1. The van der Waals surface area contributed by atoms with E-state index in [1.807, 2.05) is 20.8 Å². The van der Waals surface area contributed by atoms with E-state index in [2.05, 4.69) is 0 Å². The molecule has 0 aromatic heterocycles. The third-order valence-electron chi connectivity index (χ3n) is 3.06. The summed E-state index contributed by atoms with van der Waals surface area (Å²) in [4.78, 5) is 11.5. The van der Waals surface area contributed by atoms with Crippen molar-refractivity contribution in [2.75, 3.05) is 13.2 Å². The summed E-state index contributed by atoms with van der Waals surface area (Å²) in [6.07, 6.45) is 0.265. The van der Waals surface area contributed by atoms with Crippen LogP contribution < -0.4 is 0 Å². The molecule has 0 spiro atoms. The van der Waals surface area contributed by atoms with Gasteiger partial charge in [-0.2, -0.15) is 0 Å². The van der Waals surface area contributed by atoms with Crippen molar-refractivity contribution in [3.8, 4) is 0 Å². The molecule has 0 aliphatic carbocycles. The molecule has 0 saturated carbocycles. The summed E-state index contributed by atoms with van der Waals surface area (Å²) in [5, 5.41) is 0. The van der Waals surface area contributed by atoms with Crippen LogP contribution in [0.2, 0.25) is 0 Å². The Balaban J connectivity index is 2.01. The molecule has 0 N–H and O–H groups in total. The molecule has 2 saturated heterocycles. The summed E-state index contributed by atoms with van der Waals surface area (Å²) in [5.74, 6) is -0.366. The molecule has 2 heterocycles. The van der Waals surface area contributed by atoms with Crippen LogP contribution >= 0.6 is 0 Å². The predicted octanol–water partition coefficient (Wildman–Crippen LogP) is 1.13. The standard InChI is InChI=1S/C11H18O4/c1-7-8(12)4-5-13-10(7)9-6-14-11(2,3)15-9/h7,9-10H,4-6H2,1-3H3/t7-,9-,10-/m1/s1. The maximum Gasteiger partial charge on any atom is 0.163 e. The molecule has 15 heavy (non-hydrogen) atoms. The van der Waals surface area contributed by atoms with E-state index in [4.69, 9.17) is 14.2 Å². The Bertz CT molecular complexity index is 261. The number of ether oxygens (including phenoxy) is 3. The lowest BCUT2D eigenvalue weighted by Gasteiger charge is -2.31. The van der Waals surface area contributed by atoms with Crippen molar-refractivity contribution in [1.82, 2.24) is 0 Å². The monoisotopic (exact) mass is 214 g/mol. The molecular formula is C11H18O4. The van der Waals surface area contributed by atoms with Crippen molar-refractivity contribution in [2.45, 2.75) is 45.2 Å². The smallest absolute Gasteiger partial charge is 0.163 e. The van der Waals surface area contributed by atoms with Crippen molar-refractivity contribution in [3.05, 3.63) is 0 Å². The average molecular weight is 214 g/mol. The van der Waals surface area contributed by atoms with Gasteiger partial charge in [0.15, 0.2) is 5.79 Å². The number of carbonyl (C=O) groups excluding carboxylic acids is 1. The van der Waals surface area contributed by atoms with E-state index in [-0.39, 0.29) is 23.9 Å². The highest BCUT2D eigenvalue weighted by atomic mass is 16.7. The minimum atomic E-state index is -0.547. The van der Waals surface area contributed by atoms with E-state index in [0.717, 1.165) is 0 Å². The molecule has 0 unspecified atom stereocenters. The fourth-order valence-corrected chi connectivity index (χ4v) is 2.16. The Morgan fingerprint density at radius 2 is 2.13 bits per heavy atom. The molecule has 0 aromatic carbocycles. The van der Waals surface area contributed by atoms with Crippen LogP contribution in [-0.2, 0) is 19.0 Å². The molecule has 0 radical (unpaired) electrons. The Kier molecular flexibility index (Phi) is 2.83. The van der Waals surface area contributed by atoms with Crippen molar-refractivity contribution in [2.24, 2.45) is 5.92 Å². The summed E-state index contributed by atoms with van der Waals surface area (Å²) in [7, 11) is 0. The molecule has 2 rings (SSSR count). The van der Waals surface area contributed by atoms with E-state index in [1.54, 1.807) is 0 Å². The van der Waals surface area contributed by atoms with Gasteiger partial charge < -0.3 is 14.2 Å². The van der Waals surface area contributed by atoms with E-state index in [0.29, 0.717) is 19.6 Å². The molecule has 3 atom stereocenters. The van der Waals surface area contributed by atoms with Crippen molar-refractivity contribution in [3.63, 3.8) is 0 Å². The van der Waals surface area contributed by atoms with Crippen LogP contribution in [0.1, 0.15) is 27.2 Å². The first kappa shape index (κ1) is 11.0. The van der Waals surface area contributed by atoms with Crippen LogP contribution in [0.15, 0.2) is 0 Å². The second kappa shape index (κ2) is 3.85. The Morgan fingerprint density at radius 1 is 1.40 bits per heavy atom. The molecule has 0 bridgehead atoms. The van der Waals surface area contributed by atoms with Gasteiger partial charge in [0.25, 0.3) is 0 Å². The molecule has 0 aromatic rings. The van der Waals surface area contributed by atoms with Crippen LogP contribution in [0, 0.1) is 5.92 Å². The van der Waals surface area contributed by atoms with Crippen LogP contribution in [0.25, 0.3) is 0 Å². The number of Topliss-reactive ketones (excluding diaryl/α,β-unsaturated/α-hetero) is 1. The van der Waals surface area contributed by atoms with Crippen LogP contribution in [-0.4, -0.2) is 37.0 Å². The zero-order valence-electron chi connectivity index (χ0n) is 9.49. The molecule has 4 nitrogen and oxygen atoms in total. The van der Waals surface area contributed by atoms with Crippen molar-refractivity contribution in [1.29, 1.82) is 0 Å². The number of hydrogen-bond acceptors (Lipinski definition) is 4. The zero-order chi connectivity index (χ0) is 11.1. The van der Waals surface area contributed by atoms with E-state index in [1.165, 1.54) is 0 Å². The summed E-state index contributed by atoms with van der Waals surface area (Å²) in [5.41, 5.74) is 0. The highest BCUT2D eigenvalue weighted by Crippen LogP contribution is 2.30. The molecule has 2 aliphatic heterocycles. The Hall–Kier alpha value is -0.450. The summed E-state index contributed by atoms with van der Waals surface area (Å²) >= 11 is 0. The largest absolute Gasteiger partial charge is 0.374 e. The van der Waals surface area contributed by atoms with Gasteiger partial charge in [-0.15, -0.1) is 0 Å². The van der Waals surface area contributed by atoms with Crippen molar-refractivity contribution < 1.29 is 19.0 Å². The lowest BCUT2D eigenvalue weighted by molar-refractivity contribution is -0.172. The SMILES string of the molecule is C[C@@H]1C(=O)CCO[C@H]1[C@H]1COC(C)(C)O1. The first-order chi connectivity index (χ1) is 6.99. The summed E-state index contributed by atoms with van der Waals surface area (Å²) in [6.45, 7) is 6.68. The highest BCUT2D eigenvalue weighted by Gasteiger charge is 2.43. The lowest BCUT2D eigenvalue weighted by Crippen LogP contribution is -2.44. The van der Waals surface area contributed by atoms with E-state index >= 15 is 0 Å². The zero-order valence-corrected chi connectivity index (χ0v) is 9.49. The molecule has 2 fully saturated rings. The number of hydrogen-bond donors (Lipinski definition) is 0. The Labute approximate surface area is 89.9 Å². The third kappa shape index (κ3) is 2.22. The Morgan fingerprint density at radius 3 is 2.73 bits per heavy atom. The van der Waals surface area contributed by atoms with Gasteiger partial charge in [-0.3, -0.25) is 4.79 Å². The lowest BCUT2D eigenvalue weighted by atomic mass is 9.91. The fourth-order valence-electron chi connectivity index (χ4n) is 2.16. The number of rotatable bonds is 1. The first-order valence-corrected chi connectivity index (χ1v) is 5.46. The van der Waals surface area contributed by atoms with Gasteiger partial charge in [-0.05, 0) is 13.8 Å². The molecule has 86 valence electrons. The van der Waals surface area contributed by atoms with Gasteiger partial charge >= 0.3 is 0 Å². The molecule has 4 heteroatoms. The second-order valence-electron chi connectivity index (χ2n) is 4.71. The van der Waals surface area contributed by atoms with Gasteiger partial charge in [-0.25, -0.2) is 0 Å². The van der Waals surface area contributed by atoms with Crippen LogP contribution in [0.3, 0.4) is 0 Å². The van der Waals surface area contributed by atoms with Crippen molar-refractivity contribution >= 4 is 5.78 Å². The van der Waals surface area contributed by atoms with Gasteiger partial charge in [0, 0.05) is 12.3 Å². The summed E-state index contributed by atoms with van der Waals surface area (Å²) in [6, 6.07) is 0. The first-order valence-electron chi connectivity index (χ1n) is 5.46. The second-order valence-corrected chi connectivity index (χ2v) is 4.71. The minimum Gasteiger partial charge on any atom is -0.374 e. The molecule has 2 aliphatic rings. The molecular weight excluding hydrogens is 196 g/mol. The topological polar surface area (TPSA) is 44.8 Å². The predicted molar refractivity (Wildman–Crippen MR) is 53.4 cm³/mol. The maximum atomic E-state index is 11.5. The van der Waals surface area contributed by atoms with Gasteiger partial charge in [0.2, 0.25) is 0 Å². The van der Waals surface area contributed by atoms with E-state index in [9.17, 15) is 4.79 Å². The number of ketones is 1. The maximum absolute atomic E-state index is 11.5. The minimum absolute atomic E-state index is 0.0822. The van der Waals surface area contributed by atoms with Gasteiger partial charge in [0.05, 0.1) is 19.3 Å². The van der Waals surface area contributed by atoms with Crippen LogP contribution in [0.4, 0.5) is 0 Å². The fraction of sp³-hybridized carbons (Fsp3) is 0.909. The van der Waals surface area contributed by atoms with E-state index < -0.39 is 5.79 Å². The van der Waals surface area contributed by atoms with Crippen LogP contribution in [0.5, 0.6) is 0 Å². The third-order valence-corrected chi connectivity index (χ3v) is 3.06. The average Bonchev–Trinajstić information content (AvgIpc) is 2.51. The normalized spacial score (nSPS) is 40.7. The quantitative estimate of drug-likeness (QED) is 0.656.